The molecule has 1 unspecified atom stereocenters. The maximum Gasteiger partial charge on any atom is 0.268 e. The number of aromatic nitrogens is 1. The summed E-state index contributed by atoms with van der Waals surface area (Å²) in [6.07, 6.45) is 0.605. The van der Waals surface area contributed by atoms with E-state index < -0.39 is 0 Å². The van der Waals surface area contributed by atoms with Gasteiger partial charge in [-0.15, -0.1) is 0 Å². The summed E-state index contributed by atoms with van der Waals surface area (Å²) >= 11 is 12.1. The van der Waals surface area contributed by atoms with E-state index >= 15 is 0 Å². The van der Waals surface area contributed by atoms with Crippen molar-refractivity contribution in [1.29, 1.82) is 0 Å². The number of aromatic amines is 1. The molecular weight excluding hydrogens is 327 g/mol. The maximum absolute atomic E-state index is 12.2. The average molecular weight is 339 g/mol. The highest BCUT2D eigenvalue weighted by Crippen LogP contribution is 2.41. The number of carbonyl (C=O) groups is 1. The second kappa shape index (κ2) is 6.02. The summed E-state index contributed by atoms with van der Waals surface area (Å²) in [7, 11) is 0. The molecule has 5 nitrogen and oxygen atoms in total. The van der Waals surface area contributed by atoms with E-state index in [9.17, 15) is 9.59 Å². The van der Waals surface area contributed by atoms with Crippen LogP contribution in [0.3, 0.4) is 0 Å². The average Bonchev–Trinajstić information content (AvgIpc) is 2.51. The Bertz CT molecular complexity index is 789. The molecule has 7 heteroatoms. The smallest absolute Gasteiger partial charge is 0.268 e. The first-order valence-electron chi connectivity index (χ1n) is 6.67. The molecule has 0 radical (unpaired) electrons. The van der Waals surface area contributed by atoms with Gasteiger partial charge in [0.2, 0.25) is 5.56 Å². The zero-order valence-electron chi connectivity index (χ0n) is 11.4. The van der Waals surface area contributed by atoms with Crippen molar-refractivity contribution in [2.24, 2.45) is 0 Å². The van der Waals surface area contributed by atoms with Crippen molar-refractivity contribution in [3.05, 3.63) is 62.0 Å². The fraction of sp³-hybridized carbons (Fsp3) is 0.200. The van der Waals surface area contributed by atoms with Crippen LogP contribution in [0.5, 0.6) is 5.75 Å². The standard InChI is InChI=1S/C15H12Cl2N2O3/c16-9-5-4-8-10(6-7-22-14(8)13(9)17)19-15(21)11-2-1-3-12(20)18-11/h1-5,10H,6-7H2,(H,18,20)(H,19,21). The van der Waals surface area contributed by atoms with Gasteiger partial charge in [0.25, 0.3) is 5.91 Å². The van der Waals surface area contributed by atoms with Gasteiger partial charge in [-0.1, -0.05) is 35.3 Å². The maximum atomic E-state index is 12.2. The molecule has 0 spiro atoms. The molecule has 2 heterocycles. The number of pyridine rings is 1. The van der Waals surface area contributed by atoms with Gasteiger partial charge in [0.1, 0.15) is 16.5 Å². The number of amides is 1. The topological polar surface area (TPSA) is 71.2 Å². The van der Waals surface area contributed by atoms with Crippen LogP contribution in [0.1, 0.15) is 28.5 Å². The molecule has 3 rings (SSSR count). The number of halogens is 2. The predicted molar refractivity (Wildman–Crippen MR) is 83.8 cm³/mol. The van der Waals surface area contributed by atoms with Crippen molar-refractivity contribution in [2.45, 2.75) is 12.5 Å². The van der Waals surface area contributed by atoms with Gasteiger partial charge < -0.3 is 15.0 Å². The number of carbonyl (C=O) groups excluding carboxylic acids is 1. The Morgan fingerprint density at radius 3 is 2.86 bits per heavy atom. The first kappa shape index (κ1) is 14.9. The van der Waals surface area contributed by atoms with Gasteiger partial charge in [-0.2, -0.15) is 0 Å². The third-order valence-electron chi connectivity index (χ3n) is 3.43. The van der Waals surface area contributed by atoms with Crippen LogP contribution >= 0.6 is 23.2 Å². The van der Waals surface area contributed by atoms with Crippen molar-refractivity contribution in [3.8, 4) is 5.75 Å². The number of hydrogen-bond acceptors (Lipinski definition) is 3. The van der Waals surface area contributed by atoms with Crippen LogP contribution < -0.4 is 15.6 Å². The van der Waals surface area contributed by atoms with E-state index in [0.717, 1.165) is 5.56 Å². The van der Waals surface area contributed by atoms with Crippen molar-refractivity contribution in [1.82, 2.24) is 10.3 Å². The lowest BCUT2D eigenvalue weighted by atomic mass is 10.0. The van der Waals surface area contributed by atoms with Crippen molar-refractivity contribution >= 4 is 29.1 Å². The number of ether oxygens (including phenoxy) is 1. The Labute approximate surface area is 136 Å². The normalized spacial score (nSPS) is 16.5. The minimum Gasteiger partial charge on any atom is -0.492 e. The van der Waals surface area contributed by atoms with Gasteiger partial charge in [-0.05, 0) is 12.1 Å². The fourth-order valence-electron chi connectivity index (χ4n) is 2.37. The van der Waals surface area contributed by atoms with Gasteiger partial charge in [0, 0.05) is 18.1 Å². The van der Waals surface area contributed by atoms with E-state index in [1.165, 1.54) is 12.1 Å². The van der Waals surface area contributed by atoms with Gasteiger partial charge in [0.05, 0.1) is 17.7 Å². The number of rotatable bonds is 2. The highest BCUT2D eigenvalue weighted by Gasteiger charge is 2.26. The summed E-state index contributed by atoms with van der Waals surface area (Å²) in [6.45, 7) is 0.420. The third-order valence-corrected chi connectivity index (χ3v) is 4.21. The molecule has 22 heavy (non-hydrogen) atoms. The quantitative estimate of drug-likeness (QED) is 0.884. The summed E-state index contributed by atoms with van der Waals surface area (Å²) in [6, 6.07) is 7.62. The molecule has 1 atom stereocenters. The van der Waals surface area contributed by atoms with Crippen molar-refractivity contribution < 1.29 is 9.53 Å². The van der Waals surface area contributed by atoms with Crippen LogP contribution in [0.15, 0.2) is 35.1 Å². The predicted octanol–water partition coefficient (Wildman–Crippen LogP) is 2.94. The third kappa shape index (κ3) is 2.82. The molecular formula is C15H12Cl2N2O3. The van der Waals surface area contributed by atoms with Crippen LogP contribution in [-0.4, -0.2) is 17.5 Å². The molecule has 1 amide bonds. The lowest BCUT2D eigenvalue weighted by molar-refractivity contribution is 0.0919. The molecule has 1 aliphatic rings. The van der Waals surface area contributed by atoms with Crippen LogP contribution in [0, 0.1) is 0 Å². The van der Waals surface area contributed by atoms with Crippen LogP contribution in [0.4, 0.5) is 0 Å². The Morgan fingerprint density at radius 1 is 1.27 bits per heavy atom. The van der Waals surface area contributed by atoms with Crippen LogP contribution in [0.2, 0.25) is 10.0 Å². The number of fused-ring (bicyclic) bond motifs is 1. The number of H-pyrrole nitrogens is 1. The van der Waals surface area contributed by atoms with E-state index in [0.29, 0.717) is 28.8 Å². The number of hydrogen-bond donors (Lipinski definition) is 2. The molecule has 1 aliphatic heterocycles. The van der Waals surface area contributed by atoms with Crippen molar-refractivity contribution in [3.63, 3.8) is 0 Å². The SMILES string of the molecule is O=C(NC1CCOc2c1ccc(Cl)c2Cl)c1cccc(=O)[nH]1. The lowest BCUT2D eigenvalue weighted by Crippen LogP contribution is -2.33. The Morgan fingerprint density at radius 2 is 2.09 bits per heavy atom. The molecule has 0 saturated heterocycles. The van der Waals surface area contributed by atoms with E-state index in [4.69, 9.17) is 27.9 Å². The van der Waals surface area contributed by atoms with Gasteiger partial charge in [0.15, 0.2) is 0 Å². The van der Waals surface area contributed by atoms with E-state index in [1.807, 2.05) is 0 Å². The van der Waals surface area contributed by atoms with E-state index in [-0.39, 0.29) is 23.2 Å². The highest BCUT2D eigenvalue weighted by atomic mass is 35.5. The molecule has 1 aromatic carbocycles. The van der Waals surface area contributed by atoms with Gasteiger partial charge in [-0.25, -0.2) is 0 Å². The number of benzene rings is 1. The minimum atomic E-state index is -0.360. The molecule has 0 aliphatic carbocycles. The Balaban J connectivity index is 1.88. The zero-order chi connectivity index (χ0) is 15.7. The largest absolute Gasteiger partial charge is 0.492 e. The number of nitrogens with one attached hydrogen (secondary N) is 2. The molecule has 1 aromatic heterocycles. The Kier molecular flexibility index (Phi) is 4.09. The minimum absolute atomic E-state index is 0.209. The lowest BCUT2D eigenvalue weighted by Gasteiger charge is -2.27. The molecule has 0 fully saturated rings. The molecule has 0 bridgehead atoms. The zero-order valence-corrected chi connectivity index (χ0v) is 12.9. The van der Waals surface area contributed by atoms with Gasteiger partial charge >= 0.3 is 0 Å². The summed E-state index contributed by atoms with van der Waals surface area (Å²) < 4.78 is 5.55. The molecule has 2 aromatic rings. The summed E-state index contributed by atoms with van der Waals surface area (Å²) in [5.41, 5.74) is 0.655. The Hall–Kier alpha value is -1.98. The summed E-state index contributed by atoms with van der Waals surface area (Å²) in [4.78, 5) is 26.0. The second-order valence-corrected chi connectivity index (χ2v) is 5.66. The van der Waals surface area contributed by atoms with Crippen LogP contribution in [0.25, 0.3) is 0 Å². The first-order valence-corrected chi connectivity index (χ1v) is 7.43. The monoisotopic (exact) mass is 338 g/mol. The highest BCUT2D eigenvalue weighted by molar-refractivity contribution is 6.43. The van der Waals surface area contributed by atoms with Gasteiger partial charge in [-0.3, -0.25) is 9.59 Å². The second-order valence-electron chi connectivity index (χ2n) is 4.87. The van der Waals surface area contributed by atoms with E-state index in [2.05, 4.69) is 10.3 Å². The summed E-state index contributed by atoms with van der Waals surface area (Å²) in [5, 5.41) is 3.62. The fourth-order valence-corrected chi connectivity index (χ4v) is 2.74. The molecule has 2 N–H and O–H groups in total. The first-order chi connectivity index (χ1) is 10.6. The molecule has 0 saturated carbocycles. The molecule has 114 valence electrons. The summed E-state index contributed by atoms with van der Waals surface area (Å²) in [5.74, 6) is 0.133. The van der Waals surface area contributed by atoms with Crippen molar-refractivity contribution in [2.75, 3.05) is 6.61 Å². The van der Waals surface area contributed by atoms with E-state index in [1.54, 1.807) is 18.2 Å². The van der Waals surface area contributed by atoms with Crippen LogP contribution in [-0.2, 0) is 0 Å².